The maximum absolute atomic E-state index is 11.3. The van der Waals surface area contributed by atoms with Crippen molar-refractivity contribution in [3.63, 3.8) is 0 Å². The van der Waals surface area contributed by atoms with E-state index in [4.69, 9.17) is 4.74 Å². The molecule has 3 rings (SSSR count). The molecule has 0 aliphatic carbocycles. The van der Waals surface area contributed by atoms with Crippen LogP contribution in [0.2, 0.25) is 0 Å². The molecular weight excluding hydrogens is 292 g/mol. The van der Waals surface area contributed by atoms with Crippen LogP contribution < -0.4 is 10.1 Å². The normalized spacial score (nSPS) is 10.5. The maximum Gasteiger partial charge on any atom is 0.337 e. The van der Waals surface area contributed by atoms with Crippen LogP contribution in [-0.2, 0) is 0 Å². The number of hydrogen-bond donors (Lipinski definition) is 2. The molecule has 1 heterocycles. The van der Waals surface area contributed by atoms with Crippen molar-refractivity contribution >= 4 is 28.2 Å². The Labute approximate surface area is 133 Å². The third-order valence-corrected chi connectivity index (χ3v) is 3.46. The minimum atomic E-state index is -0.971. The molecule has 0 bridgehead atoms. The number of ether oxygens (including phenoxy) is 1. The van der Waals surface area contributed by atoms with E-state index in [1.165, 1.54) is 0 Å². The summed E-state index contributed by atoms with van der Waals surface area (Å²) >= 11 is 0. The second-order valence-corrected chi connectivity index (χ2v) is 4.92. The molecule has 0 saturated heterocycles. The highest BCUT2D eigenvalue weighted by Crippen LogP contribution is 2.31. The van der Waals surface area contributed by atoms with Crippen LogP contribution in [0.15, 0.2) is 54.7 Å². The van der Waals surface area contributed by atoms with Crippen LogP contribution in [0.1, 0.15) is 17.3 Å². The molecule has 1 aromatic heterocycles. The van der Waals surface area contributed by atoms with Crippen molar-refractivity contribution in [3.05, 3.63) is 60.3 Å². The number of rotatable bonds is 5. The molecule has 3 aromatic rings. The van der Waals surface area contributed by atoms with E-state index in [-0.39, 0.29) is 5.56 Å². The van der Waals surface area contributed by atoms with Gasteiger partial charge in [-0.15, -0.1) is 0 Å². The summed E-state index contributed by atoms with van der Waals surface area (Å²) in [7, 11) is 0. The minimum Gasteiger partial charge on any atom is -0.492 e. The molecule has 5 heteroatoms. The molecule has 2 aromatic carbocycles. The van der Waals surface area contributed by atoms with E-state index in [1.54, 1.807) is 30.5 Å². The molecule has 23 heavy (non-hydrogen) atoms. The maximum atomic E-state index is 11.3. The van der Waals surface area contributed by atoms with Crippen LogP contribution >= 0.6 is 0 Å². The lowest BCUT2D eigenvalue weighted by molar-refractivity contribution is 0.0698. The third-order valence-electron chi connectivity index (χ3n) is 3.46. The zero-order chi connectivity index (χ0) is 16.2. The van der Waals surface area contributed by atoms with Gasteiger partial charge in [-0.3, -0.25) is 4.98 Å². The molecule has 0 saturated carbocycles. The second kappa shape index (κ2) is 6.36. The van der Waals surface area contributed by atoms with Gasteiger partial charge in [-0.25, -0.2) is 4.79 Å². The Balaban J connectivity index is 2.08. The summed E-state index contributed by atoms with van der Waals surface area (Å²) < 4.78 is 5.60. The lowest BCUT2D eigenvalue weighted by atomic mass is 10.1. The van der Waals surface area contributed by atoms with Gasteiger partial charge < -0.3 is 15.2 Å². The summed E-state index contributed by atoms with van der Waals surface area (Å²) in [5.74, 6) is -0.262. The number of aromatic nitrogens is 1. The Bertz CT molecular complexity index is 862. The number of nitrogens with zero attached hydrogens (tertiary/aromatic N) is 1. The fourth-order valence-electron chi connectivity index (χ4n) is 2.45. The number of hydrogen-bond acceptors (Lipinski definition) is 4. The molecule has 116 valence electrons. The zero-order valence-corrected chi connectivity index (χ0v) is 12.6. The molecule has 0 radical (unpaired) electrons. The number of fused-ring (bicyclic) bond motifs is 1. The number of aromatic carboxylic acids is 1. The Kier molecular flexibility index (Phi) is 4.10. The van der Waals surface area contributed by atoms with E-state index in [0.717, 1.165) is 16.6 Å². The van der Waals surface area contributed by atoms with E-state index < -0.39 is 5.97 Å². The SMILES string of the molecule is CCOc1cccc2c(Nc3ccccc3C(=O)O)ccnc12. The molecule has 0 fully saturated rings. The molecule has 2 N–H and O–H groups in total. The van der Waals surface area contributed by atoms with Crippen LogP contribution in [0, 0.1) is 0 Å². The summed E-state index contributed by atoms with van der Waals surface area (Å²) in [5, 5.41) is 13.4. The monoisotopic (exact) mass is 308 g/mol. The van der Waals surface area contributed by atoms with E-state index in [9.17, 15) is 9.90 Å². The quantitative estimate of drug-likeness (QED) is 0.743. The average Bonchev–Trinajstić information content (AvgIpc) is 2.56. The fourth-order valence-corrected chi connectivity index (χ4v) is 2.45. The van der Waals surface area contributed by atoms with Crippen molar-refractivity contribution in [1.82, 2.24) is 4.98 Å². The molecular formula is C18H16N2O3. The Morgan fingerprint density at radius 2 is 1.96 bits per heavy atom. The highest BCUT2D eigenvalue weighted by Gasteiger charge is 2.12. The first-order valence-corrected chi connectivity index (χ1v) is 7.30. The van der Waals surface area contributed by atoms with Crippen molar-refractivity contribution < 1.29 is 14.6 Å². The fraction of sp³-hybridized carbons (Fsp3) is 0.111. The lowest BCUT2D eigenvalue weighted by Crippen LogP contribution is -2.03. The molecule has 0 unspecified atom stereocenters. The first-order chi connectivity index (χ1) is 11.2. The summed E-state index contributed by atoms with van der Waals surface area (Å²) in [5.41, 5.74) is 2.28. The zero-order valence-electron chi connectivity index (χ0n) is 12.6. The number of benzene rings is 2. The van der Waals surface area contributed by atoms with Gasteiger partial charge >= 0.3 is 5.97 Å². The van der Waals surface area contributed by atoms with Gasteiger partial charge in [0.1, 0.15) is 11.3 Å². The molecule has 0 amide bonds. The average molecular weight is 308 g/mol. The Morgan fingerprint density at radius 3 is 2.74 bits per heavy atom. The van der Waals surface area contributed by atoms with Crippen molar-refractivity contribution in [2.24, 2.45) is 0 Å². The van der Waals surface area contributed by atoms with E-state index in [0.29, 0.717) is 18.0 Å². The molecule has 0 spiro atoms. The van der Waals surface area contributed by atoms with Crippen molar-refractivity contribution in [2.75, 3.05) is 11.9 Å². The van der Waals surface area contributed by atoms with Gasteiger partial charge in [0.25, 0.3) is 0 Å². The van der Waals surface area contributed by atoms with Gasteiger partial charge in [-0.2, -0.15) is 0 Å². The van der Waals surface area contributed by atoms with Crippen LogP contribution in [0.3, 0.4) is 0 Å². The molecule has 0 aliphatic rings. The van der Waals surface area contributed by atoms with Gasteiger partial charge in [-0.1, -0.05) is 24.3 Å². The van der Waals surface area contributed by atoms with Crippen LogP contribution in [0.4, 0.5) is 11.4 Å². The number of carboxylic acid groups (broad SMARTS) is 1. The van der Waals surface area contributed by atoms with Gasteiger partial charge in [0.05, 0.1) is 17.9 Å². The second-order valence-electron chi connectivity index (χ2n) is 4.92. The number of pyridine rings is 1. The number of nitrogens with one attached hydrogen (secondary N) is 1. The van der Waals surface area contributed by atoms with Crippen LogP contribution in [-0.4, -0.2) is 22.7 Å². The summed E-state index contributed by atoms with van der Waals surface area (Å²) in [4.78, 5) is 15.7. The third kappa shape index (κ3) is 2.94. The van der Waals surface area contributed by atoms with Gasteiger partial charge in [0.2, 0.25) is 0 Å². The predicted molar refractivity (Wildman–Crippen MR) is 89.6 cm³/mol. The highest BCUT2D eigenvalue weighted by atomic mass is 16.5. The minimum absolute atomic E-state index is 0.221. The van der Waals surface area contributed by atoms with E-state index >= 15 is 0 Å². The molecule has 5 nitrogen and oxygen atoms in total. The lowest BCUT2D eigenvalue weighted by Gasteiger charge is -2.13. The predicted octanol–water partition coefficient (Wildman–Crippen LogP) is 4.08. The molecule has 0 aliphatic heterocycles. The summed E-state index contributed by atoms with van der Waals surface area (Å²) in [6.07, 6.45) is 1.68. The molecule has 0 atom stereocenters. The number of anilines is 2. The first kappa shape index (κ1) is 14.8. The van der Waals surface area contributed by atoms with Gasteiger partial charge in [0, 0.05) is 17.3 Å². The van der Waals surface area contributed by atoms with Gasteiger partial charge in [0.15, 0.2) is 0 Å². The first-order valence-electron chi connectivity index (χ1n) is 7.30. The van der Waals surface area contributed by atoms with Gasteiger partial charge in [-0.05, 0) is 31.2 Å². The Morgan fingerprint density at radius 1 is 1.13 bits per heavy atom. The largest absolute Gasteiger partial charge is 0.492 e. The van der Waals surface area contributed by atoms with Crippen LogP contribution in [0.25, 0.3) is 10.9 Å². The van der Waals surface area contributed by atoms with Crippen molar-refractivity contribution in [2.45, 2.75) is 6.92 Å². The standard InChI is InChI=1S/C18H16N2O3/c1-2-23-16-9-5-7-12-15(10-11-19-17(12)16)20-14-8-4-3-6-13(14)18(21)22/h3-11H,2H2,1H3,(H,19,20)(H,21,22). The topological polar surface area (TPSA) is 71.5 Å². The number of para-hydroxylation sites is 2. The van der Waals surface area contributed by atoms with E-state index in [2.05, 4.69) is 10.3 Å². The summed E-state index contributed by atoms with van der Waals surface area (Å²) in [6.45, 7) is 2.48. The van der Waals surface area contributed by atoms with Crippen molar-refractivity contribution in [3.8, 4) is 5.75 Å². The Hall–Kier alpha value is -3.08. The highest BCUT2D eigenvalue weighted by molar-refractivity contribution is 5.99. The van der Waals surface area contributed by atoms with Crippen molar-refractivity contribution in [1.29, 1.82) is 0 Å². The van der Waals surface area contributed by atoms with E-state index in [1.807, 2.05) is 31.2 Å². The number of carboxylic acids is 1. The number of carbonyl (C=O) groups is 1. The van der Waals surface area contributed by atoms with Crippen LogP contribution in [0.5, 0.6) is 5.75 Å². The smallest absolute Gasteiger partial charge is 0.337 e. The summed E-state index contributed by atoms with van der Waals surface area (Å²) in [6, 6.07) is 14.3.